The fraction of sp³-hybridized carbons (Fsp3) is 0.818. The molecule has 4 nitrogen and oxygen atoms in total. The maximum absolute atomic E-state index is 11.7. The van der Waals surface area contributed by atoms with Crippen LogP contribution >= 0.6 is 0 Å². The molecule has 0 saturated heterocycles. The van der Waals surface area contributed by atoms with E-state index in [4.69, 9.17) is 5.73 Å². The molecule has 0 unspecified atom stereocenters. The number of carbonyl (C=O) groups is 2. The smallest absolute Gasteiger partial charge is 0.289 e. The fourth-order valence-corrected chi connectivity index (χ4v) is 2.15. The molecule has 0 aromatic carbocycles. The van der Waals surface area contributed by atoms with E-state index in [1.807, 2.05) is 0 Å². The highest BCUT2D eigenvalue weighted by Crippen LogP contribution is 2.38. The van der Waals surface area contributed by atoms with Gasteiger partial charge in [0.1, 0.15) is 0 Å². The van der Waals surface area contributed by atoms with E-state index in [0.29, 0.717) is 18.8 Å². The van der Waals surface area contributed by atoms with Crippen LogP contribution in [-0.4, -0.2) is 23.3 Å². The Kier molecular flexibility index (Phi) is 2.54. The van der Waals surface area contributed by atoms with Gasteiger partial charge in [-0.3, -0.25) is 9.59 Å². The Balaban J connectivity index is 1.87. The number of amides is 1. The lowest BCUT2D eigenvalue weighted by Gasteiger charge is -2.42. The van der Waals surface area contributed by atoms with Gasteiger partial charge in [-0.15, -0.1) is 0 Å². The normalized spacial score (nSPS) is 34.4. The van der Waals surface area contributed by atoms with Gasteiger partial charge in [0.2, 0.25) is 5.78 Å². The zero-order chi connectivity index (χ0) is 11.1. The molecule has 0 aromatic rings. The standard InChI is InChI=1S/C11H18N2O2/c1-2-7-5-11(12,6-7)9(14)10(15)13-8-3-4-8/h7-8H,2-6,12H2,1H3,(H,13,15). The van der Waals surface area contributed by atoms with Crippen LogP contribution in [0.4, 0.5) is 0 Å². The van der Waals surface area contributed by atoms with Crippen molar-refractivity contribution >= 4 is 11.7 Å². The lowest BCUT2D eigenvalue weighted by Crippen LogP contribution is -2.61. The first-order valence-electron chi connectivity index (χ1n) is 5.69. The second-order valence-electron chi connectivity index (χ2n) is 4.92. The third kappa shape index (κ3) is 2.04. The SMILES string of the molecule is CCC1CC(N)(C(=O)C(=O)NC2CC2)C1. The predicted octanol–water partition coefficient (Wildman–Crippen LogP) is 0.352. The van der Waals surface area contributed by atoms with Crippen molar-refractivity contribution in [2.24, 2.45) is 11.7 Å². The Hall–Kier alpha value is -0.900. The molecule has 84 valence electrons. The summed E-state index contributed by atoms with van der Waals surface area (Å²) in [5, 5.41) is 2.69. The Labute approximate surface area is 89.6 Å². The number of hydrogen-bond donors (Lipinski definition) is 2. The van der Waals surface area contributed by atoms with Crippen molar-refractivity contribution in [3.63, 3.8) is 0 Å². The van der Waals surface area contributed by atoms with Crippen molar-refractivity contribution in [1.82, 2.24) is 5.32 Å². The van der Waals surface area contributed by atoms with E-state index in [-0.39, 0.29) is 6.04 Å². The highest BCUT2D eigenvalue weighted by atomic mass is 16.2. The molecule has 3 N–H and O–H groups in total. The van der Waals surface area contributed by atoms with Gasteiger partial charge in [-0.25, -0.2) is 0 Å². The Bertz CT molecular complexity index is 291. The number of hydrogen-bond acceptors (Lipinski definition) is 3. The van der Waals surface area contributed by atoms with Crippen molar-refractivity contribution in [2.45, 2.75) is 50.6 Å². The van der Waals surface area contributed by atoms with Crippen LogP contribution < -0.4 is 11.1 Å². The molecular formula is C11H18N2O2. The van der Waals surface area contributed by atoms with Crippen molar-refractivity contribution < 1.29 is 9.59 Å². The van der Waals surface area contributed by atoms with Gasteiger partial charge in [0.25, 0.3) is 5.91 Å². The molecule has 15 heavy (non-hydrogen) atoms. The van der Waals surface area contributed by atoms with Crippen LogP contribution in [0.5, 0.6) is 0 Å². The lowest BCUT2D eigenvalue weighted by molar-refractivity contribution is -0.144. The van der Waals surface area contributed by atoms with Gasteiger partial charge < -0.3 is 11.1 Å². The predicted molar refractivity (Wildman–Crippen MR) is 56.1 cm³/mol. The molecule has 2 rings (SSSR count). The van der Waals surface area contributed by atoms with Gasteiger partial charge in [0.15, 0.2) is 0 Å². The average molecular weight is 210 g/mol. The molecule has 2 fully saturated rings. The molecule has 0 bridgehead atoms. The number of carbonyl (C=O) groups excluding carboxylic acids is 2. The van der Waals surface area contributed by atoms with Crippen LogP contribution in [-0.2, 0) is 9.59 Å². The summed E-state index contributed by atoms with van der Waals surface area (Å²) >= 11 is 0. The van der Waals surface area contributed by atoms with E-state index >= 15 is 0 Å². The summed E-state index contributed by atoms with van der Waals surface area (Å²) in [6, 6.07) is 0.229. The molecule has 0 aromatic heterocycles. The fourth-order valence-electron chi connectivity index (χ4n) is 2.15. The average Bonchev–Trinajstić information content (AvgIpc) is 2.95. The van der Waals surface area contributed by atoms with Crippen molar-refractivity contribution in [1.29, 1.82) is 0 Å². The quantitative estimate of drug-likeness (QED) is 0.658. The molecule has 0 heterocycles. The summed E-state index contributed by atoms with van der Waals surface area (Å²) in [4.78, 5) is 23.2. The molecule has 0 spiro atoms. The number of nitrogens with two attached hydrogens (primary N) is 1. The zero-order valence-electron chi connectivity index (χ0n) is 9.08. The Morgan fingerprint density at radius 3 is 2.47 bits per heavy atom. The van der Waals surface area contributed by atoms with Crippen LogP contribution in [0.25, 0.3) is 0 Å². The van der Waals surface area contributed by atoms with E-state index in [0.717, 1.165) is 19.3 Å². The van der Waals surface area contributed by atoms with Gasteiger partial charge in [0.05, 0.1) is 5.54 Å². The summed E-state index contributed by atoms with van der Waals surface area (Å²) in [5.41, 5.74) is 5.04. The summed E-state index contributed by atoms with van der Waals surface area (Å²) in [7, 11) is 0. The van der Waals surface area contributed by atoms with Gasteiger partial charge in [0, 0.05) is 6.04 Å². The minimum Gasteiger partial charge on any atom is -0.347 e. The van der Waals surface area contributed by atoms with Crippen LogP contribution in [0.1, 0.15) is 39.0 Å². The number of rotatable bonds is 4. The molecule has 0 aliphatic heterocycles. The monoisotopic (exact) mass is 210 g/mol. The van der Waals surface area contributed by atoms with Gasteiger partial charge in [-0.1, -0.05) is 13.3 Å². The van der Waals surface area contributed by atoms with Crippen LogP contribution in [0.3, 0.4) is 0 Å². The van der Waals surface area contributed by atoms with Gasteiger partial charge in [-0.2, -0.15) is 0 Å². The number of Topliss-reactive ketones (excluding diaryl/α,β-unsaturated/α-hetero) is 1. The summed E-state index contributed by atoms with van der Waals surface area (Å²) < 4.78 is 0. The summed E-state index contributed by atoms with van der Waals surface area (Å²) in [6.07, 6.45) is 4.36. The molecule has 0 radical (unpaired) electrons. The highest BCUT2D eigenvalue weighted by molar-refractivity contribution is 6.39. The van der Waals surface area contributed by atoms with Crippen LogP contribution in [0.2, 0.25) is 0 Å². The van der Waals surface area contributed by atoms with Gasteiger partial charge >= 0.3 is 0 Å². The van der Waals surface area contributed by atoms with Crippen molar-refractivity contribution in [3.05, 3.63) is 0 Å². The third-order valence-electron chi connectivity index (χ3n) is 3.45. The Morgan fingerprint density at radius 2 is 2.00 bits per heavy atom. The van der Waals surface area contributed by atoms with E-state index in [2.05, 4.69) is 12.2 Å². The highest BCUT2D eigenvalue weighted by Gasteiger charge is 2.48. The van der Waals surface area contributed by atoms with Gasteiger partial charge in [-0.05, 0) is 31.6 Å². The maximum Gasteiger partial charge on any atom is 0.289 e. The lowest BCUT2D eigenvalue weighted by atomic mass is 9.65. The minimum atomic E-state index is -0.861. The van der Waals surface area contributed by atoms with E-state index < -0.39 is 17.2 Å². The molecule has 2 aliphatic carbocycles. The van der Waals surface area contributed by atoms with E-state index in [1.54, 1.807) is 0 Å². The minimum absolute atomic E-state index is 0.229. The van der Waals surface area contributed by atoms with E-state index in [9.17, 15) is 9.59 Å². The first kappa shape index (κ1) is 10.6. The molecule has 1 amide bonds. The van der Waals surface area contributed by atoms with Crippen molar-refractivity contribution in [2.75, 3.05) is 0 Å². The molecule has 4 heteroatoms. The summed E-state index contributed by atoms with van der Waals surface area (Å²) in [6.45, 7) is 2.08. The zero-order valence-corrected chi connectivity index (χ0v) is 9.08. The molecular weight excluding hydrogens is 192 g/mol. The molecule has 2 aliphatic rings. The first-order chi connectivity index (χ1) is 7.05. The Morgan fingerprint density at radius 1 is 1.40 bits per heavy atom. The number of ketones is 1. The molecule has 0 atom stereocenters. The van der Waals surface area contributed by atoms with Crippen molar-refractivity contribution in [3.8, 4) is 0 Å². The second-order valence-corrected chi connectivity index (χ2v) is 4.92. The van der Waals surface area contributed by atoms with Crippen LogP contribution in [0, 0.1) is 5.92 Å². The second kappa shape index (κ2) is 3.59. The maximum atomic E-state index is 11.7. The van der Waals surface area contributed by atoms with Crippen LogP contribution in [0.15, 0.2) is 0 Å². The topological polar surface area (TPSA) is 72.2 Å². The molecule has 2 saturated carbocycles. The first-order valence-corrected chi connectivity index (χ1v) is 5.69. The summed E-state index contributed by atoms with van der Waals surface area (Å²) in [5.74, 6) is -0.374. The van der Waals surface area contributed by atoms with E-state index in [1.165, 1.54) is 0 Å². The third-order valence-corrected chi connectivity index (χ3v) is 3.45. The largest absolute Gasteiger partial charge is 0.347 e. The number of nitrogens with one attached hydrogen (secondary N) is 1.